The summed E-state index contributed by atoms with van der Waals surface area (Å²) in [4.78, 5) is 2.76. The number of methoxy groups -OCH3 is 1. The summed E-state index contributed by atoms with van der Waals surface area (Å²) in [6.07, 6.45) is 9.74. The van der Waals surface area contributed by atoms with Crippen molar-refractivity contribution in [2.24, 2.45) is 5.92 Å². The van der Waals surface area contributed by atoms with Gasteiger partial charge in [-0.15, -0.1) is 0 Å². The van der Waals surface area contributed by atoms with Crippen LogP contribution in [0.2, 0.25) is 0 Å². The van der Waals surface area contributed by atoms with E-state index in [0.29, 0.717) is 12.1 Å². The van der Waals surface area contributed by atoms with Gasteiger partial charge in [0.05, 0.1) is 6.61 Å². The van der Waals surface area contributed by atoms with Crippen molar-refractivity contribution in [2.45, 2.75) is 70.0 Å². The summed E-state index contributed by atoms with van der Waals surface area (Å²) < 4.78 is 5.35. The average Bonchev–Trinajstić information content (AvgIpc) is 3.26. The average molecular weight is 268 g/mol. The molecule has 0 aromatic rings. The second kappa shape index (κ2) is 7.61. The van der Waals surface area contributed by atoms with Crippen LogP contribution in [-0.4, -0.2) is 50.3 Å². The van der Waals surface area contributed by atoms with E-state index in [0.717, 1.165) is 25.1 Å². The molecule has 2 fully saturated rings. The Morgan fingerprint density at radius 1 is 1.16 bits per heavy atom. The quantitative estimate of drug-likeness (QED) is 0.718. The second-order valence-corrected chi connectivity index (χ2v) is 6.41. The summed E-state index contributed by atoms with van der Waals surface area (Å²) in [5, 5.41) is 3.58. The predicted molar refractivity (Wildman–Crippen MR) is 80.5 cm³/mol. The fourth-order valence-corrected chi connectivity index (χ4v) is 3.74. The highest BCUT2D eigenvalue weighted by atomic mass is 16.5. The first-order valence-corrected chi connectivity index (χ1v) is 8.20. The smallest absolute Gasteiger partial charge is 0.0589 e. The molecule has 2 saturated carbocycles. The van der Waals surface area contributed by atoms with Crippen molar-refractivity contribution in [1.29, 1.82) is 0 Å². The van der Waals surface area contributed by atoms with E-state index in [1.165, 1.54) is 44.9 Å². The lowest BCUT2D eigenvalue weighted by Crippen LogP contribution is -2.53. The first-order valence-electron chi connectivity index (χ1n) is 8.20. The fourth-order valence-electron chi connectivity index (χ4n) is 3.74. The third kappa shape index (κ3) is 4.17. The molecule has 0 spiro atoms. The molecule has 112 valence electrons. The van der Waals surface area contributed by atoms with Crippen LogP contribution < -0.4 is 5.32 Å². The van der Waals surface area contributed by atoms with Gasteiger partial charge < -0.3 is 10.1 Å². The van der Waals surface area contributed by atoms with E-state index in [1.54, 1.807) is 0 Å². The number of hydrogen-bond donors (Lipinski definition) is 1. The van der Waals surface area contributed by atoms with Crippen LogP contribution in [0.3, 0.4) is 0 Å². The van der Waals surface area contributed by atoms with Gasteiger partial charge in [0.15, 0.2) is 0 Å². The van der Waals surface area contributed by atoms with E-state index in [9.17, 15) is 0 Å². The molecular formula is C16H32N2O. The Morgan fingerprint density at radius 2 is 1.89 bits per heavy atom. The highest BCUT2D eigenvalue weighted by Crippen LogP contribution is 2.37. The maximum atomic E-state index is 5.35. The minimum Gasteiger partial charge on any atom is -0.383 e. The molecule has 3 heteroatoms. The van der Waals surface area contributed by atoms with Crippen LogP contribution in [0.4, 0.5) is 0 Å². The molecule has 0 aromatic carbocycles. The molecule has 2 rings (SSSR count). The first kappa shape index (κ1) is 15.3. The van der Waals surface area contributed by atoms with Gasteiger partial charge in [-0.1, -0.05) is 19.3 Å². The first-order chi connectivity index (χ1) is 9.27. The number of ether oxygens (including phenoxy) is 1. The Bertz CT molecular complexity index is 255. The van der Waals surface area contributed by atoms with Crippen LogP contribution in [0.25, 0.3) is 0 Å². The largest absolute Gasteiger partial charge is 0.383 e. The molecule has 19 heavy (non-hydrogen) atoms. The predicted octanol–water partition coefficient (Wildman–Crippen LogP) is 2.65. The Hall–Kier alpha value is -0.120. The van der Waals surface area contributed by atoms with Gasteiger partial charge in [0, 0.05) is 31.8 Å². The molecule has 0 saturated heterocycles. The molecule has 0 aromatic heterocycles. The van der Waals surface area contributed by atoms with Crippen LogP contribution >= 0.6 is 0 Å². The lowest BCUT2D eigenvalue weighted by molar-refractivity contribution is 0.0618. The number of hydrogen-bond acceptors (Lipinski definition) is 3. The van der Waals surface area contributed by atoms with Crippen LogP contribution in [0, 0.1) is 5.92 Å². The van der Waals surface area contributed by atoms with Gasteiger partial charge in [-0.05, 0) is 45.6 Å². The van der Waals surface area contributed by atoms with E-state index in [-0.39, 0.29) is 0 Å². The molecule has 3 atom stereocenters. The zero-order chi connectivity index (χ0) is 13.7. The molecule has 3 unspecified atom stereocenters. The third-order valence-corrected chi connectivity index (χ3v) is 5.16. The highest BCUT2D eigenvalue weighted by Gasteiger charge is 2.37. The molecule has 0 aliphatic heterocycles. The van der Waals surface area contributed by atoms with E-state index in [2.05, 4.69) is 24.2 Å². The van der Waals surface area contributed by atoms with Crippen molar-refractivity contribution >= 4 is 0 Å². The van der Waals surface area contributed by atoms with Crippen molar-refractivity contribution in [3.05, 3.63) is 0 Å². The molecule has 2 aliphatic rings. The summed E-state index contributed by atoms with van der Waals surface area (Å²) in [6.45, 7) is 4.39. The van der Waals surface area contributed by atoms with Crippen LogP contribution in [-0.2, 0) is 4.74 Å². The van der Waals surface area contributed by atoms with Crippen molar-refractivity contribution < 1.29 is 4.74 Å². The molecule has 0 amide bonds. The molecule has 0 heterocycles. The lowest BCUT2D eigenvalue weighted by atomic mass is 9.98. The van der Waals surface area contributed by atoms with E-state index in [1.807, 2.05) is 7.11 Å². The van der Waals surface area contributed by atoms with Gasteiger partial charge in [0.25, 0.3) is 0 Å². The zero-order valence-corrected chi connectivity index (χ0v) is 13.0. The number of rotatable bonds is 7. The normalized spacial score (nSPS) is 30.3. The number of nitrogens with zero attached hydrogens (tertiary/aromatic N) is 1. The summed E-state index contributed by atoms with van der Waals surface area (Å²) in [7, 11) is 3.96. The molecule has 0 radical (unpaired) electrons. The maximum Gasteiger partial charge on any atom is 0.0589 e. The van der Waals surface area contributed by atoms with Crippen molar-refractivity contribution in [3.8, 4) is 0 Å². The van der Waals surface area contributed by atoms with Gasteiger partial charge in [0.2, 0.25) is 0 Å². The van der Waals surface area contributed by atoms with Gasteiger partial charge in [-0.3, -0.25) is 4.90 Å². The maximum absolute atomic E-state index is 5.35. The monoisotopic (exact) mass is 268 g/mol. The van der Waals surface area contributed by atoms with Gasteiger partial charge in [0.1, 0.15) is 0 Å². The van der Waals surface area contributed by atoms with E-state index in [4.69, 9.17) is 4.74 Å². The lowest BCUT2D eigenvalue weighted by Gasteiger charge is -2.40. The molecule has 2 aliphatic carbocycles. The van der Waals surface area contributed by atoms with Crippen LogP contribution in [0.15, 0.2) is 0 Å². The topological polar surface area (TPSA) is 24.5 Å². The van der Waals surface area contributed by atoms with Crippen LogP contribution in [0.5, 0.6) is 0 Å². The Kier molecular flexibility index (Phi) is 6.11. The number of likely N-dealkylation sites (N-methyl/N-ethyl adjacent to an activating group) is 1. The Balaban J connectivity index is 2.03. The van der Waals surface area contributed by atoms with Crippen molar-refractivity contribution in [3.63, 3.8) is 0 Å². The zero-order valence-electron chi connectivity index (χ0n) is 13.0. The number of nitrogens with one attached hydrogen (secondary N) is 1. The summed E-state index contributed by atoms with van der Waals surface area (Å²) in [5.41, 5.74) is 0. The Labute approximate surface area is 119 Å². The highest BCUT2D eigenvalue weighted by molar-refractivity contribution is 4.93. The van der Waals surface area contributed by atoms with E-state index < -0.39 is 0 Å². The van der Waals surface area contributed by atoms with Gasteiger partial charge in [-0.2, -0.15) is 0 Å². The SMILES string of the molecule is CNC1CCCCCC1N(CCOC)C(C)C1CC1. The fraction of sp³-hybridized carbons (Fsp3) is 1.00. The third-order valence-electron chi connectivity index (χ3n) is 5.16. The minimum atomic E-state index is 0.667. The molecule has 0 bridgehead atoms. The van der Waals surface area contributed by atoms with Gasteiger partial charge >= 0.3 is 0 Å². The molecular weight excluding hydrogens is 236 g/mol. The summed E-state index contributed by atoms with van der Waals surface area (Å²) >= 11 is 0. The molecule has 3 nitrogen and oxygen atoms in total. The van der Waals surface area contributed by atoms with Crippen LogP contribution in [0.1, 0.15) is 51.9 Å². The standard InChI is InChI=1S/C16H32N2O/c1-13(14-9-10-14)18(11-12-19-3)16-8-6-4-5-7-15(16)17-2/h13-17H,4-12H2,1-3H3. The summed E-state index contributed by atoms with van der Waals surface area (Å²) in [6, 6.07) is 2.10. The molecule has 1 N–H and O–H groups in total. The van der Waals surface area contributed by atoms with E-state index >= 15 is 0 Å². The second-order valence-electron chi connectivity index (χ2n) is 6.41. The minimum absolute atomic E-state index is 0.667. The summed E-state index contributed by atoms with van der Waals surface area (Å²) in [5.74, 6) is 0.942. The van der Waals surface area contributed by atoms with Gasteiger partial charge in [-0.25, -0.2) is 0 Å². The van der Waals surface area contributed by atoms with Crippen molar-refractivity contribution in [2.75, 3.05) is 27.3 Å². The Morgan fingerprint density at radius 3 is 2.53 bits per heavy atom. The van der Waals surface area contributed by atoms with Crippen molar-refractivity contribution in [1.82, 2.24) is 10.2 Å².